The molecule has 0 spiro atoms. The van der Waals surface area contributed by atoms with Crippen molar-refractivity contribution in [2.45, 2.75) is 5.75 Å². The number of rotatable bonds is 5. The molecule has 0 bridgehead atoms. The third-order valence-corrected chi connectivity index (χ3v) is 4.49. The second-order valence-electron chi connectivity index (χ2n) is 4.09. The highest BCUT2D eigenvalue weighted by atomic mass is 32.2. The van der Waals surface area contributed by atoms with E-state index in [1.165, 1.54) is 11.5 Å². The minimum atomic E-state index is -3.53. The molecule has 1 heterocycles. The fourth-order valence-corrected chi connectivity index (χ4v) is 3.36. The Morgan fingerprint density at radius 3 is 2.55 bits per heavy atom. The van der Waals surface area contributed by atoms with Crippen molar-refractivity contribution < 1.29 is 13.2 Å². The van der Waals surface area contributed by atoms with Gasteiger partial charge in [-0.3, -0.25) is 10.2 Å². The van der Waals surface area contributed by atoms with Crippen molar-refractivity contribution in [3.8, 4) is 11.3 Å². The Labute approximate surface area is 119 Å². The van der Waals surface area contributed by atoms with Crippen LogP contribution in [0.4, 0.5) is 0 Å². The second kappa shape index (κ2) is 6.07. The number of carbonyl (C=O) groups excluding carboxylic acids is 1. The van der Waals surface area contributed by atoms with Crippen molar-refractivity contribution in [2.24, 2.45) is 5.84 Å². The van der Waals surface area contributed by atoms with E-state index in [0.29, 0.717) is 5.56 Å². The van der Waals surface area contributed by atoms with Crippen LogP contribution in [0.15, 0.2) is 29.6 Å². The van der Waals surface area contributed by atoms with E-state index in [1.54, 1.807) is 35.1 Å². The lowest BCUT2D eigenvalue weighted by Crippen LogP contribution is -2.35. The molecule has 0 aliphatic heterocycles. The van der Waals surface area contributed by atoms with E-state index < -0.39 is 21.5 Å². The summed E-state index contributed by atoms with van der Waals surface area (Å²) < 4.78 is 27.3. The highest BCUT2D eigenvalue weighted by Crippen LogP contribution is 2.19. The lowest BCUT2D eigenvalue weighted by molar-refractivity contribution is -0.118. The standard InChI is InChI=1S/C11H12N4O3S2/c12-13-11(16)7-20(17,18)6-8-1-3-9(4-2-8)10-5-19-15-14-10/h1-5H,6-7,12H2,(H,13,16). The van der Waals surface area contributed by atoms with E-state index in [-0.39, 0.29) is 5.75 Å². The van der Waals surface area contributed by atoms with Crippen molar-refractivity contribution in [3.05, 3.63) is 35.2 Å². The SMILES string of the molecule is NNC(=O)CS(=O)(=O)Cc1ccc(-c2csnn2)cc1. The molecule has 0 saturated carbocycles. The third kappa shape index (κ3) is 3.83. The molecule has 3 N–H and O–H groups in total. The Morgan fingerprint density at radius 2 is 2.00 bits per heavy atom. The Hall–Kier alpha value is -1.84. The molecule has 0 aliphatic carbocycles. The molecule has 1 aromatic carbocycles. The van der Waals surface area contributed by atoms with E-state index in [9.17, 15) is 13.2 Å². The van der Waals surface area contributed by atoms with Crippen LogP contribution in [0.2, 0.25) is 0 Å². The lowest BCUT2D eigenvalue weighted by atomic mass is 10.1. The summed E-state index contributed by atoms with van der Waals surface area (Å²) in [5, 5.41) is 5.73. The highest BCUT2D eigenvalue weighted by molar-refractivity contribution is 7.91. The van der Waals surface area contributed by atoms with Crippen LogP contribution in [-0.2, 0) is 20.4 Å². The van der Waals surface area contributed by atoms with Gasteiger partial charge in [0.2, 0.25) is 5.91 Å². The lowest BCUT2D eigenvalue weighted by Gasteiger charge is -2.04. The summed E-state index contributed by atoms with van der Waals surface area (Å²) in [6, 6.07) is 6.91. The van der Waals surface area contributed by atoms with E-state index in [2.05, 4.69) is 9.59 Å². The van der Waals surface area contributed by atoms with Gasteiger partial charge in [0, 0.05) is 10.9 Å². The van der Waals surface area contributed by atoms with Crippen LogP contribution in [0.5, 0.6) is 0 Å². The van der Waals surface area contributed by atoms with Gasteiger partial charge in [-0.2, -0.15) is 0 Å². The number of amides is 1. The zero-order chi connectivity index (χ0) is 14.6. The maximum Gasteiger partial charge on any atom is 0.249 e. The highest BCUT2D eigenvalue weighted by Gasteiger charge is 2.16. The summed E-state index contributed by atoms with van der Waals surface area (Å²) >= 11 is 1.24. The largest absolute Gasteiger partial charge is 0.293 e. The predicted molar refractivity (Wildman–Crippen MR) is 75.2 cm³/mol. The summed E-state index contributed by atoms with van der Waals surface area (Å²) in [6.45, 7) is 0. The van der Waals surface area contributed by atoms with Crippen LogP contribution in [0.1, 0.15) is 5.56 Å². The normalized spacial score (nSPS) is 11.2. The molecule has 9 heteroatoms. The van der Waals surface area contributed by atoms with Crippen LogP contribution in [0.3, 0.4) is 0 Å². The summed E-state index contributed by atoms with van der Waals surface area (Å²) in [7, 11) is -3.53. The number of benzene rings is 1. The molecule has 1 aromatic heterocycles. The number of sulfone groups is 1. The van der Waals surface area contributed by atoms with Gasteiger partial charge in [-0.05, 0) is 17.1 Å². The van der Waals surface area contributed by atoms with Crippen LogP contribution < -0.4 is 11.3 Å². The smallest absolute Gasteiger partial charge is 0.249 e. The maximum atomic E-state index is 11.7. The number of nitrogens with zero attached hydrogens (tertiary/aromatic N) is 2. The van der Waals surface area contributed by atoms with Crippen LogP contribution in [0.25, 0.3) is 11.3 Å². The van der Waals surface area contributed by atoms with Crippen LogP contribution >= 0.6 is 11.5 Å². The van der Waals surface area contributed by atoms with Gasteiger partial charge in [-0.1, -0.05) is 28.8 Å². The molecule has 0 atom stereocenters. The first-order valence-corrected chi connectivity index (χ1v) is 8.22. The van der Waals surface area contributed by atoms with Gasteiger partial charge in [0.1, 0.15) is 11.4 Å². The molecule has 2 rings (SSSR count). The molecule has 7 nitrogen and oxygen atoms in total. The van der Waals surface area contributed by atoms with Crippen molar-refractivity contribution >= 4 is 27.3 Å². The molecule has 0 unspecified atom stereocenters. The fraction of sp³-hybridized carbons (Fsp3) is 0.182. The van der Waals surface area contributed by atoms with Crippen molar-refractivity contribution in [3.63, 3.8) is 0 Å². The minimum absolute atomic E-state index is 0.212. The summed E-state index contributed by atoms with van der Waals surface area (Å²) in [5.41, 5.74) is 4.00. The monoisotopic (exact) mass is 312 g/mol. The molecular formula is C11H12N4O3S2. The average Bonchev–Trinajstić information content (AvgIpc) is 2.92. The number of nitrogens with one attached hydrogen (secondary N) is 1. The van der Waals surface area contributed by atoms with Gasteiger partial charge in [0.05, 0.1) is 5.75 Å². The third-order valence-electron chi connectivity index (χ3n) is 2.51. The van der Waals surface area contributed by atoms with E-state index in [4.69, 9.17) is 5.84 Å². The number of hydrazine groups is 1. The van der Waals surface area contributed by atoms with E-state index >= 15 is 0 Å². The van der Waals surface area contributed by atoms with Gasteiger partial charge in [0.15, 0.2) is 9.84 Å². The first kappa shape index (κ1) is 14.6. The molecule has 1 amide bonds. The molecule has 2 aromatic rings. The number of nitrogens with two attached hydrogens (primary N) is 1. The number of aromatic nitrogens is 2. The quantitative estimate of drug-likeness (QED) is 0.460. The molecule has 0 aliphatic rings. The van der Waals surface area contributed by atoms with Crippen molar-refractivity contribution in [1.82, 2.24) is 15.0 Å². The molecule has 0 saturated heterocycles. The summed E-state index contributed by atoms with van der Waals surface area (Å²) in [6.07, 6.45) is 0. The topological polar surface area (TPSA) is 115 Å². The van der Waals surface area contributed by atoms with Gasteiger partial charge < -0.3 is 0 Å². The Kier molecular flexibility index (Phi) is 4.42. The van der Waals surface area contributed by atoms with Crippen LogP contribution in [0, 0.1) is 0 Å². The van der Waals surface area contributed by atoms with Gasteiger partial charge >= 0.3 is 0 Å². The molecule has 0 radical (unpaired) electrons. The van der Waals surface area contributed by atoms with E-state index in [1.807, 2.05) is 0 Å². The summed E-state index contributed by atoms with van der Waals surface area (Å²) in [4.78, 5) is 11.0. The van der Waals surface area contributed by atoms with Crippen LogP contribution in [-0.4, -0.2) is 29.7 Å². The number of hydrogen-bond acceptors (Lipinski definition) is 7. The Morgan fingerprint density at radius 1 is 1.30 bits per heavy atom. The molecule has 106 valence electrons. The summed E-state index contributed by atoms with van der Waals surface area (Å²) in [5.74, 6) is 3.31. The first-order chi connectivity index (χ1) is 9.50. The molecular weight excluding hydrogens is 300 g/mol. The zero-order valence-corrected chi connectivity index (χ0v) is 11.9. The van der Waals surface area contributed by atoms with Gasteiger partial charge in [0.25, 0.3) is 0 Å². The number of carbonyl (C=O) groups is 1. The molecule has 0 fully saturated rings. The predicted octanol–water partition coefficient (Wildman–Crippen LogP) is 0.110. The van der Waals surface area contributed by atoms with Crippen molar-refractivity contribution in [1.29, 1.82) is 0 Å². The second-order valence-corrected chi connectivity index (χ2v) is 6.76. The average molecular weight is 312 g/mol. The zero-order valence-electron chi connectivity index (χ0n) is 10.3. The van der Waals surface area contributed by atoms with Gasteiger partial charge in [-0.25, -0.2) is 14.3 Å². The number of hydrogen-bond donors (Lipinski definition) is 2. The Balaban J connectivity index is 2.09. The first-order valence-electron chi connectivity index (χ1n) is 5.56. The minimum Gasteiger partial charge on any atom is -0.293 e. The molecule has 20 heavy (non-hydrogen) atoms. The fourth-order valence-electron chi connectivity index (χ4n) is 1.61. The van der Waals surface area contributed by atoms with Gasteiger partial charge in [-0.15, -0.1) is 5.10 Å². The Bertz CT molecular complexity index is 681. The van der Waals surface area contributed by atoms with E-state index in [0.717, 1.165) is 11.3 Å². The maximum absolute atomic E-state index is 11.7. The van der Waals surface area contributed by atoms with Crippen molar-refractivity contribution in [2.75, 3.05) is 5.75 Å².